The van der Waals surface area contributed by atoms with Crippen LogP contribution in [0.1, 0.15) is 20.8 Å². The van der Waals surface area contributed by atoms with Gasteiger partial charge in [-0.1, -0.05) is 6.08 Å². The standard InChI is InChI=1S/C10H19NO2S/c1-8(9(12)13-4)5-6-14-7-10(2,3)11/h5H,6-7,11H2,1-4H3. The molecule has 0 heterocycles. The van der Waals surface area contributed by atoms with Gasteiger partial charge in [-0.05, 0) is 20.8 Å². The predicted octanol–water partition coefficient (Wildman–Crippen LogP) is 1.58. The van der Waals surface area contributed by atoms with E-state index in [1.165, 1.54) is 7.11 Å². The Morgan fingerprint density at radius 2 is 2.14 bits per heavy atom. The summed E-state index contributed by atoms with van der Waals surface area (Å²) in [7, 11) is 1.38. The number of carbonyl (C=O) groups is 1. The summed E-state index contributed by atoms with van der Waals surface area (Å²) in [5.74, 6) is 1.40. The molecule has 0 spiro atoms. The summed E-state index contributed by atoms with van der Waals surface area (Å²) in [5, 5.41) is 0. The first-order valence-electron chi connectivity index (χ1n) is 4.48. The molecule has 2 N–H and O–H groups in total. The van der Waals surface area contributed by atoms with Crippen molar-refractivity contribution in [3.63, 3.8) is 0 Å². The van der Waals surface area contributed by atoms with Crippen LogP contribution in [0.15, 0.2) is 11.6 Å². The van der Waals surface area contributed by atoms with Crippen molar-refractivity contribution in [2.45, 2.75) is 26.3 Å². The molecule has 0 aromatic rings. The van der Waals surface area contributed by atoms with Crippen LogP contribution in [0.3, 0.4) is 0 Å². The van der Waals surface area contributed by atoms with Crippen LogP contribution in [0, 0.1) is 0 Å². The quantitative estimate of drug-likeness (QED) is 0.431. The minimum Gasteiger partial charge on any atom is -0.466 e. The van der Waals surface area contributed by atoms with E-state index in [0.29, 0.717) is 5.57 Å². The fourth-order valence-electron chi connectivity index (χ4n) is 0.750. The number of carbonyl (C=O) groups excluding carboxylic acids is 1. The second-order valence-electron chi connectivity index (χ2n) is 3.88. The smallest absolute Gasteiger partial charge is 0.333 e. The Hall–Kier alpha value is -0.480. The molecule has 0 bridgehead atoms. The Bertz CT molecular complexity index is 219. The van der Waals surface area contributed by atoms with Crippen LogP contribution in [0.2, 0.25) is 0 Å². The summed E-state index contributed by atoms with van der Waals surface area (Å²) in [6.45, 7) is 5.72. The van der Waals surface area contributed by atoms with Gasteiger partial charge in [-0.15, -0.1) is 0 Å². The topological polar surface area (TPSA) is 52.3 Å². The van der Waals surface area contributed by atoms with Crippen molar-refractivity contribution in [1.29, 1.82) is 0 Å². The fourth-order valence-corrected chi connectivity index (χ4v) is 1.76. The molecule has 0 atom stereocenters. The number of esters is 1. The molecular formula is C10H19NO2S. The van der Waals surface area contributed by atoms with Crippen LogP contribution in [-0.4, -0.2) is 30.1 Å². The van der Waals surface area contributed by atoms with Crippen LogP contribution in [0.25, 0.3) is 0 Å². The molecule has 0 amide bonds. The highest BCUT2D eigenvalue weighted by atomic mass is 32.2. The van der Waals surface area contributed by atoms with E-state index in [1.807, 2.05) is 19.9 Å². The van der Waals surface area contributed by atoms with E-state index >= 15 is 0 Å². The van der Waals surface area contributed by atoms with Gasteiger partial charge in [-0.3, -0.25) is 0 Å². The summed E-state index contributed by atoms with van der Waals surface area (Å²) < 4.78 is 4.57. The molecule has 14 heavy (non-hydrogen) atoms. The SMILES string of the molecule is COC(=O)C(C)=CCSCC(C)(C)N. The van der Waals surface area contributed by atoms with Gasteiger partial charge in [0.15, 0.2) is 0 Å². The first kappa shape index (κ1) is 13.5. The van der Waals surface area contributed by atoms with E-state index in [9.17, 15) is 4.79 Å². The molecule has 0 aromatic heterocycles. The number of thioether (sulfide) groups is 1. The van der Waals surface area contributed by atoms with Crippen LogP contribution in [0.4, 0.5) is 0 Å². The van der Waals surface area contributed by atoms with Gasteiger partial charge in [0, 0.05) is 22.6 Å². The Kier molecular flexibility index (Phi) is 5.88. The fraction of sp³-hybridized carbons (Fsp3) is 0.700. The van der Waals surface area contributed by atoms with Gasteiger partial charge >= 0.3 is 5.97 Å². The van der Waals surface area contributed by atoms with Gasteiger partial charge in [-0.2, -0.15) is 11.8 Å². The average Bonchev–Trinajstić information content (AvgIpc) is 2.09. The molecule has 0 saturated carbocycles. The first-order chi connectivity index (χ1) is 6.37. The zero-order valence-corrected chi connectivity index (χ0v) is 10.1. The van der Waals surface area contributed by atoms with Crippen molar-refractivity contribution in [2.24, 2.45) is 5.73 Å². The lowest BCUT2D eigenvalue weighted by Gasteiger charge is -2.16. The van der Waals surface area contributed by atoms with Crippen LogP contribution in [-0.2, 0) is 9.53 Å². The van der Waals surface area contributed by atoms with Crippen molar-refractivity contribution >= 4 is 17.7 Å². The molecule has 0 aromatic carbocycles. The zero-order valence-electron chi connectivity index (χ0n) is 9.29. The van der Waals surface area contributed by atoms with Gasteiger partial charge in [0.1, 0.15) is 0 Å². The van der Waals surface area contributed by atoms with Gasteiger partial charge in [0.2, 0.25) is 0 Å². The summed E-state index contributed by atoms with van der Waals surface area (Å²) in [6, 6.07) is 0. The maximum Gasteiger partial charge on any atom is 0.333 e. The van der Waals surface area contributed by atoms with Crippen LogP contribution < -0.4 is 5.73 Å². The first-order valence-corrected chi connectivity index (χ1v) is 5.64. The van der Waals surface area contributed by atoms with Gasteiger partial charge < -0.3 is 10.5 Å². The minimum absolute atomic E-state index is 0.155. The molecule has 0 saturated heterocycles. The van der Waals surface area contributed by atoms with Crippen molar-refractivity contribution < 1.29 is 9.53 Å². The van der Waals surface area contributed by atoms with Gasteiger partial charge in [0.05, 0.1) is 7.11 Å². The molecule has 0 rings (SSSR count). The lowest BCUT2D eigenvalue weighted by atomic mass is 10.1. The van der Waals surface area contributed by atoms with Crippen LogP contribution >= 0.6 is 11.8 Å². The number of nitrogens with two attached hydrogens (primary N) is 1. The lowest BCUT2D eigenvalue weighted by Crippen LogP contribution is -2.34. The molecule has 0 fully saturated rings. The maximum absolute atomic E-state index is 11.0. The number of hydrogen-bond donors (Lipinski definition) is 1. The summed E-state index contributed by atoms with van der Waals surface area (Å²) >= 11 is 1.71. The third-order valence-corrected chi connectivity index (χ3v) is 2.84. The minimum atomic E-state index is -0.266. The van der Waals surface area contributed by atoms with E-state index in [2.05, 4.69) is 4.74 Å². The monoisotopic (exact) mass is 217 g/mol. The molecule has 4 heteroatoms. The highest BCUT2D eigenvalue weighted by molar-refractivity contribution is 7.99. The third-order valence-electron chi connectivity index (χ3n) is 1.49. The predicted molar refractivity (Wildman–Crippen MR) is 61.4 cm³/mol. The maximum atomic E-state index is 11.0. The third kappa shape index (κ3) is 6.97. The van der Waals surface area contributed by atoms with Gasteiger partial charge in [-0.25, -0.2) is 4.79 Å². The van der Waals surface area contributed by atoms with Crippen molar-refractivity contribution in [2.75, 3.05) is 18.6 Å². The molecule has 82 valence electrons. The second-order valence-corrected chi connectivity index (χ2v) is 4.91. The number of rotatable bonds is 5. The molecule has 3 nitrogen and oxygen atoms in total. The Labute approximate surface area is 90.1 Å². The van der Waals surface area contributed by atoms with E-state index in [0.717, 1.165) is 11.5 Å². The van der Waals surface area contributed by atoms with E-state index in [4.69, 9.17) is 5.73 Å². The Morgan fingerprint density at radius 1 is 1.57 bits per heavy atom. The van der Waals surface area contributed by atoms with E-state index in [-0.39, 0.29) is 11.5 Å². The molecule has 0 aliphatic carbocycles. The molecular weight excluding hydrogens is 198 g/mol. The summed E-state index contributed by atoms with van der Waals surface area (Å²) in [6.07, 6.45) is 1.86. The Balaban J connectivity index is 3.77. The normalized spacial score (nSPS) is 12.8. The molecule has 0 unspecified atom stereocenters. The summed E-state index contributed by atoms with van der Waals surface area (Å²) in [4.78, 5) is 11.0. The number of ether oxygens (including phenoxy) is 1. The number of hydrogen-bond acceptors (Lipinski definition) is 4. The van der Waals surface area contributed by atoms with Crippen molar-refractivity contribution in [3.05, 3.63) is 11.6 Å². The molecule has 0 aliphatic rings. The largest absolute Gasteiger partial charge is 0.466 e. The van der Waals surface area contributed by atoms with E-state index < -0.39 is 0 Å². The molecule has 0 radical (unpaired) electrons. The lowest BCUT2D eigenvalue weighted by molar-refractivity contribution is -0.136. The summed E-state index contributed by atoms with van der Waals surface area (Å²) in [5.41, 5.74) is 6.30. The zero-order chi connectivity index (χ0) is 11.2. The van der Waals surface area contributed by atoms with Crippen LogP contribution in [0.5, 0.6) is 0 Å². The van der Waals surface area contributed by atoms with Crippen molar-refractivity contribution in [1.82, 2.24) is 0 Å². The highest BCUT2D eigenvalue weighted by Crippen LogP contribution is 2.10. The van der Waals surface area contributed by atoms with Gasteiger partial charge in [0.25, 0.3) is 0 Å². The van der Waals surface area contributed by atoms with E-state index in [1.54, 1.807) is 18.7 Å². The second kappa shape index (κ2) is 6.09. The highest BCUT2D eigenvalue weighted by Gasteiger charge is 2.09. The number of methoxy groups -OCH3 is 1. The average molecular weight is 217 g/mol. The Morgan fingerprint density at radius 3 is 2.57 bits per heavy atom. The van der Waals surface area contributed by atoms with Crippen molar-refractivity contribution in [3.8, 4) is 0 Å². The molecule has 0 aliphatic heterocycles.